The van der Waals surface area contributed by atoms with E-state index in [0.717, 1.165) is 48.8 Å². The van der Waals surface area contributed by atoms with Gasteiger partial charge in [0.2, 0.25) is 10.0 Å². The quantitative estimate of drug-likeness (QED) is 0.290. The van der Waals surface area contributed by atoms with Gasteiger partial charge in [0.05, 0.1) is 17.7 Å². The highest BCUT2D eigenvalue weighted by atomic mass is 32.2. The first kappa shape index (κ1) is 22.3. The van der Waals surface area contributed by atoms with E-state index in [-0.39, 0.29) is 4.90 Å². The third kappa shape index (κ3) is 8.37. The number of sulfonamides is 1. The predicted octanol–water partition coefficient (Wildman–Crippen LogP) is 2.35. The molecule has 0 saturated heterocycles. The second-order valence-electron chi connectivity index (χ2n) is 6.24. The van der Waals surface area contributed by atoms with Crippen LogP contribution in [0, 0.1) is 0 Å². The van der Waals surface area contributed by atoms with E-state index in [2.05, 4.69) is 21.9 Å². The number of guanidine groups is 1. The van der Waals surface area contributed by atoms with Crippen molar-refractivity contribution in [3.05, 3.63) is 54.0 Å². The van der Waals surface area contributed by atoms with Gasteiger partial charge in [-0.15, -0.1) is 0 Å². The fourth-order valence-corrected chi connectivity index (χ4v) is 3.47. The molecule has 4 N–H and O–H groups in total. The Hall–Kier alpha value is -1.97. The Morgan fingerprint density at radius 1 is 1.14 bits per heavy atom. The van der Waals surface area contributed by atoms with E-state index >= 15 is 0 Å². The first-order chi connectivity index (χ1) is 13.5. The van der Waals surface area contributed by atoms with Gasteiger partial charge in [0.25, 0.3) is 0 Å². The van der Waals surface area contributed by atoms with Crippen LogP contribution in [-0.4, -0.2) is 39.5 Å². The number of nitrogens with one attached hydrogen (secondary N) is 2. The Bertz CT molecular complexity index is 819. The summed E-state index contributed by atoms with van der Waals surface area (Å²) in [5, 5.41) is 11.8. The number of rotatable bonds is 11. The summed E-state index contributed by atoms with van der Waals surface area (Å²) < 4.78 is 28.0. The van der Waals surface area contributed by atoms with Crippen molar-refractivity contribution in [3.63, 3.8) is 0 Å². The molecule has 0 aliphatic heterocycles. The van der Waals surface area contributed by atoms with Gasteiger partial charge in [-0.1, -0.05) is 12.1 Å². The van der Waals surface area contributed by atoms with Gasteiger partial charge < -0.3 is 15.1 Å². The van der Waals surface area contributed by atoms with Crippen LogP contribution in [0.25, 0.3) is 0 Å². The number of primary sulfonamides is 1. The molecule has 0 aliphatic rings. The minimum Gasteiger partial charge on any atom is -0.469 e. The van der Waals surface area contributed by atoms with E-state index in [9.17, 15) is 8.42 Å². The second-order valence-corrected chi connectivity index (χ2v) is 8.78. The van der Waals surface area contributed by atoms with Crippen molar-refractivity contribution in [3.8, 4) is 0 Å². The largest absolute Gasteiger partial charge is 0.469 e. The lowest BCUT2D eigenvalue weighted by Crippen LogP contribution is -2.39. The van der Waals surface area contributed by atoms with Crippen molar-refractivity contribution in [1.29, 1.82) is 0 Å². The van der Waals surface area contributed by atoms with E-state index < -0.39 is 10.0 Å². The summed E-state index contributed by atoms with van der Waals surface area (Å²) in [6.07, 6.45) is 6.77. The molecule has 7 nitrogen and oxygen atoms in total. The van der Waals surface area contributed by atoms with Crippen molar-refractivity contribution < 1.29 is 12.8 Å². The van der Waals surface area contributed by atoms with Gasteiger partial charge in [-0.05, 0) is 54.7 Å². The van der Waals surface area contributed by atoms with Gasteiger partial charge in [-0.2, -0.15) is 11.8 Å². The highest BCUT2D eigenvalue weighted by molar-refractivity contribution is 7.98. The molecular weight excluding hydrogens is 396 g/mol. The van der Waals surface area contributed by atoms with Crippen LogP contribution in [0.2, 0.25) is 0 Å². The lowest BCUT2D eigenvalue weighted by Gasteiger charge is -2.12. The third-order valence-corrected chi connectivity index (χ3v) is 5.61. The molecule has 1 aromatic heterocycles. The highest BCUT2D eigenvalue weighted by Crippen LogP contribution is 2.09. The van der Waals surface area contributed by atoms with Crippen LogP contribution >= 0.6 is 11.8 Å². The number of thioether (sulfide) groups is 1. The van der Waals surface area contributed by atoms with E-state index in [4.69, 9.17) is 9.56 Å². The van der Waals surface area contributed by atoms with Crippen LogP contribution in [0.3, 0.4) is 0 Å². The molecule has 1 aromatic carbocycles. The minimum absolute atomic E-state index is 0.101. The lowest BCUT2D eigenvalue weighted by molar-refractivity contribution is 0.506. The molecule has 154 valence electrons. The molecule has 0 radical (unpaired) electrons. The fraction of sp³-hybridized carbons (Fsp3) is 0.421. The molecule has 0 aliphatic carbocycles. The maximum absolute atomic E-state index is 11.3. The maximum atomic E-state index is 11.3. The number of benzene rings is 1. The number of furan rings is 1. The molecular formula is C19H28N4O3S2. The topological polar surface area (TPSA) is 110 Å². The predicted molar refractivity (Wildman–Crippen MR) is 115 cm³/mol. The fourth-order valence-electron chi connectivity index (χ4n) is 2.47. The Morgan fingerprint density at radius 3 is 2.54 bits per heavy atom. The van der Waals surface area contributed by atoms with E-state index in [1.165, 1.54) is 12.1 Å². The average molecular weight is 425 g/mol. The van der Waals surface area contributed by atoms with Crippen LogP contribution in [0.1, 0.15) is 24.2 Å². The molecule has 2 aromatic rings. The number of hydrogen-bond acceptors (Lipinski definition) is 5. The van der Waals surface area contributed by atoms with Gasteiger partial charge in [0, 0.05) is 19.5 Å². The standard InChI is InChI=1S/C19H28N4O3S2/c1-27-14-3-2-11-21-19(22-12-10-17-5-4-13-26-17)23-15-16-6-8-18(9-7-16)28(20,24)25/h4-9,13H,2-3,10-12,14-15H2,1H3,(H2,20,24,25)(H2,21,22,23). The summed E-state index contributed by atoms with van der Waals surface area (Å²) in [5.41, 5.74) is 0.905. The Balaban J connectivity index is 1.91. The molecule has 0 spiro atoms. The maximum Gasteiger partial charge on any atom is 0.238 e. The van der Waals surface area contributed by atoms with Crippen LogP contribution in [0.15, 0.2) is 57.0 Å². The summed E-state index contributed by atoms with van der Waals surface area (Å²) in [6, 6.07) is 10.3. The van der Waals surface area contributed by atoms with Crippen LogP contribution in [-0.2, 0) is 23.0 Å². The van der Waals surface area contributed by atoms with Crippen molar-refractivity contribution in [2.24, 2.45) is 10.1 Å². The van der Waals surface area contributed by atoms with Crippen LogP contribution in [0.5, 0.6) is 0 Å². The Kier molecular flexibility index (Phi) is 9.39. The van der Waals surface area contributed by atoms with Gasteiger partial charge in [-0.3, -0.25) is 0 Å². The number of aliphatic imine (C=N–C) groups is 1. The van der Waals surface area contributed by atoms with Gasteiger partial charge in [0.15, 0.2) is 5.96 Å². The van der Waals surface area contributed by atoms with E-state index in [1.54, 1.807) is 18.4 Å². The van der Waals surface area contributed by atoms with Crippen molar-refractivity contribution in [1.82, 2.24) is 10.6 Å². The zero-order valence-corrected chi connectivity index (χ0v) is 17.7. The number of nitrogens with two attached hydrogens (primary N) is 1. The molecule has 1 heterocycles. The summed E-state index contributed by atoms with van der Waals surface area (Å²) in [7, 11) is -3.68. The van der Waals surface area contributed by atoms with Crippen LogP contribution < -0.4 is 15.8 Å². The third-order valence-electron chi connectivity index (χ3n) is 3.98. The Labute approximate surface area is 171 Å². The molecule has 0 amide bonds. The van der Waals surface area contributed by atoms with E-state index in [0.29, 0.717) is 13.1 Å². The minimum atomic E-state index is -3.68. The smallest absolute Gasteiger partial charge is 0.238 e. The highest BCUT2D eigenvalue weighted by Gasteiger charge is 2.07. The zero-order valence-electron chi connectivity index (χ0n) is 16.1. The first-order valence-electron chi connectivity index (χ1n) is 9.14. The summed E-state index contributed by atoms with van der Waals surface area (Å²) >= 11 is 1.85. The van der Waals surface area contributed by atoms with E-state index in [1.807, 2.05) is 23.9 Å². The SMILES string of the molecule is CSCCCCNC(=NCc1ccc(S(N)(=O)=O)cc1)NCCc1ccco1. The van der Waals surface area contributed by atoms with Crippen LogP contribution in [0.4, 0.5) is 0 Å². The summed E-state index contributed by atoms with van der Waals surface area (Å²) in [6.45, 7) is 1.98. The molecule has 2 rings (SSSR count). The molecule has 0 unspecified atom stereocenters. The molecule has 0 bridgehead atoms. The number of unbranched alkanes of at least 4 members (excludes halogenated alkanes) is 1. The monoisotopic (exact) mass is 424 g/mol. The lowest BCUT2D eigenvalue weighted by atomic mass is 10.2. The molecule has 0 saturated carbocycles. The van der Waals surface area contributed by atoms with Gasteiger partial charge in [-0.25, -0.2) is 18.5 Å². The number of hydrogen-bond donors (Lipinski definition) is 3. The van der Waals surface area contributed by atoms with Gasteiger partial charge >= 0.3 is 0 Å². The van der Waals surface area contributed by atoms with Gasteiger partial charge in [0.1, 0.15) is 5.76 Å². The molecule has 0 fully saturated rings. The van der Waals surface area contributed by atoms with Crippen molar-refractivity contribution in [2.75, 3.05) is 25.1 Å². The summed E-state index contributed by atoms with van der Waals surface area (Å²) in [4.78, 5) is 4.70. The molecule has 0 atom stereocenters. The average Bonchev–Trinajstić information content (AvgIpc) is 3.18. The normalized spacial score (nSPS) is 12.1. The first-order valence-corrected chi connectivity index (χ1v) is 12.1. The zero-order chi connectivity index (χ0) is 20.2. The second kappa shape index (κ2) is 11.8. The number of nitrogens with zero attached hydrogens (tertiary/aromatic N) is 1. The molecule has 28 heavy (non-hydrogen) atoms. The molecule has 9 heteroatoms. The summed E-state index contributed by atoms with van der Waals surface area (Å²) in [5.74, 6) is 2.80. The Morgan fingerprint density at radius 2 is 1.89 bits per heavy atom. The van der Waals surface area contributed by atoms with Crippen molar-refractivity contribution in [2.45, 2.75) is 30.7 Å². The van der Waals surface area contributed by atoms with Crippen molar-refractivity contribution >= 4 is 27.7 Å².